The van der Waals surface area contributed by atoms with E-state index in [1.807, 2.05) is 19.9 Å². The molecule has 0 saturated carbocycles. The number of benzene rings is 1. The second-order valence-electron chi connectivity index (χ2n) is 6.14. The number of aryl methyl sites for hydroxylation is 2. The second kappa shape index (κ2) is 6.99. The third-order valence-electron chi connectivity index (χ3n) is 3.98. The van der Waals surface area contributed by atoms with Crippen molar-refractivity contribution in [2.45, 2.75) is 20.4 Å². The normalized spacial score (nSPS) is 12.1. The summed E-state index contributed by atoms with van der Waals surface area (Å²) in [6.45, 7) is 4.17. The number of amides is 1. The number of ether oxygens (including phenoxy) is 3. The molecule has 27 heavy (non-hydrogen) atoms. The molecular formula is C19H18N4O4. The molecule has 1 aliphatic heterocycles. The Kier molecular flexibility index (Phi) is 4.37. The predicted octanol–water partition coefficient (Wildman–Crippen LogP) is 3.05. The lowest BCUT2D eigenvalue weighted by Crippen LogP contribution is -2.20. The third kappa shape index (κ3) is 3.84. The molecule has 0 unspecified atom stereocenters. The summed E-state index contributed by atoms with van der Waals surface area (Å²) in [7, 11) is 0. The molecule has 0 bridgehead atoms. The van der Waals surface area contributed by atoms with Crippen LogP contribution in [0.2, 0.25) is 0 Å². The van der Waals surface area contributed by atoms with E-state index in [1.165, 1.54) is 0 Å². The van der Waals surface area contributed by atoms with Gasteiger partial charge in [-0.1, -0.05) is 0 Å². The highest BCUT2D eigenvalue weighted by molar-refractivity contribution is 5.90. The summed E-state index contributed by atoms with van der Waals surface area (Å²) >= 11 is 0. The molecule has 138 valence electrons. The van der Waals surface area contributed by atoms with Crippen molar-refractivity contribution in [3.8, 4) is 23.1 Å². The Labute approximate surface area is 155 Å². The van der Waals surface area contributed by atoms with Gasteiger partial charge in [0.2, 0.25) is 18.6 Å². The van der Waals surface area contributed by atoms with Gasteiger partial charge in [-0.3, -0.25) is 9.48 Å². The molecule has 1 aromatic carbocycles. The molecule has 0 radical (unpaired) electrons. The molecule has 0 fully saturated rings. The zero-order chi connectivity index (χ0) is 18.8. The average Bonchev–Trinajstić information content (AvgIpc) is 3.22. The first-order chi connectivity index (χ1) is 13.1. The van der Waals surface area contributed by atoms with Crippen molar-refractivity contribution < 1.29 is 19.0 Å². The zero-order valence-electron chi connectivity index (χ0n) is 14.9. The first-order valence-electron chi connectivity index (χ1n) is 8.41. The van der Waals surface area contributed by atoms with Crippen LogP contribution >= 0.6 is 0 Å². The largest absolute Gasteiger partial charge is 0.454 e. The van der Waals surface area contributed by atoms with Gasteiger partial charge < -0.3 is 19.5 Å². The van der Waals surface area contributed by atoms with Crippen molar-refractivity contribution >= 4 is 11.6 Å². The van der Waals surface area contributed by atoms with E-state index in [0.717, 1.165) is 11.4 Å². The number of hydrogen-bond acceptors (Lipinski definition) is 6. The number of hydrogen-bond donors (Lipinski definition) is 1. The molecule has 8 heteroatoms. The maximum absolute atomic E-state index is 12.2. The zero-order valence-corrected chi connectivity index (χ0v) is 14.9. The van der Waals surface area contributed by atoms with E-state index in [-0.39, 0.29) is 19.2 Å². The Morgan fingerprint density at radius 2 is 2.04 bits per heavy atom. The smallest absolute Gasteiger partial charge is 0.246 e. The lowest BCUT2D eigenvalue weighted by Gasteiger charge is -2.08. The van der Waals surface area contributed by atoms with Crippen molar-refractivity contribution in [2.24, 2.45) is 0 Å². The number of nitrogens with zero attached hydrogens (tertiary/aromatic N) is 3. The number of nitrogens with one attached hydrogen (secondary N) is 1. The summed E-state index contributed by atoms with van der Waals surface area (Å²) < 4.78 is 18.0. The van der Waals surface area contributed by atoms with Crippen LogP contribution in [0.5, 0.6) is 23.1 Å². The third-order valence-corrected chi connectivity index (χ3v) is 3.98. The molecule has 1 N–H and O–H groups in total. The molecule has 3 aromatic rings. The van der Waals surface area contributed by atoms with Crippen LogP contribution in [0.15, 0.2) is 42.6 Å². The Bertz CT molecular complexity index is 982. The summed E-state index contributed by atoms with van der Waals surface area (Å²) in [5, 5.41) is 7.08. The van der Waals surface area contributed by atoms with Gasteiger partial charge in [-0.25, -0.2) is 4.98 Å². The number of aromatic nitrogens is 3. The van der Waals surface area contributed by atoms with Crippen molar-refractivity contribution in [1.29, 1.82) is 0 Å². The Morgan fingerprint density at radius 1 is 1.19 bits per heavy atom. The molecule has 1 aliphatic rings. The van der Waals surface area contributed by atoms with E-state index in [1.54, 1.807) is 41.2 Å². The minimum atomic E-state index is -0.174. The van der Waals surface area contributed by atoms with Crippen LogP contribution in [-0.2, 0) is 11.3 Å². The van der Waals surface area contributed by atoms with Crippen LogP contribution in [-0.4, -0.2) is 27.5 Å². The maximum atomic E-state index is 12.2. The number of pyridine rings is 1. The van der Waals surface area contributed by atoms with E-state index in [9.17, 15) is 4.79 Å². The lowest BCUT2D eigenvalue weighted by atomic mass is 10.3. The molecule has 4 rings (SSSR count). The lowest BCUT2D eigenvalue weighted by molar-refractivity contribution is -0.116. The fraction of sp³-hybridized carbons (Fsp3) is 0.211. The number of rotatable bonds is 5. The van der Waals surface area contributed by atoms with Gasteiger partial charge in [0.1, 0.15) is 12.3 Å². The van der Waals surface area contributed by atoms with Gasteiger partial charge in [-0.05, 0) is 38.1 Å². The van der Waals surface area contributed by atoms with Crippen molar-refractivity contribution in [1.82, 2.24) is 14.8 Å². The first-order valence-corrected chi connectivity index (χ1v) is 8.41. The minimum Gasteiger partial charge on any atom is -0.454 e. The Balaban J connectivity index is 1.37. The van der Waals surface area contributed by atoms with Crippen LogP contribution in [0.1, 0.15) is 11.4 Å². The quantitative estimate of drug-likeness (QED) is 0.747. The molecule has 8 nitrogen and oxygen atoms in total. The molecule has 3 heterocycles. The Hall–Kier alpha value is -3.55. The van der Waals surface area contributed by atoms with Crippen molar-refractivity contribution in [2.75, 3.05) is 12.1 Å². The summed E-state index contributed by atoms with van der Waals surface area (Å²) in [6, 6.07) is 10.6. The van der Waals surface area contributed by atoms with Crippen LogP contribution in [0.3, 0.4) is 0 Å². The van der Waals surface area contributed by atoms with E-state index in [0.29, 0.717) is 28.8 Å². The first kappa shape index (κ1) is 16.9. The fourth-order valence-corrected chi connectivity index (χ4v) is 2.75. The highest BCUT2D eigenvalue weighted by Crippen LogP contribution is 2.36. The van der Waals surface area contributed by atoms with E-state index in [4.69, 9.17) is 14.2 Å². The highest BCUT2D eigenvalue weighted by atomic mass is 16.7. The molecule has 2 aromatic heterocycles. The molecule has 0 spiro atoms. The predicted molar refractivity (Wildman–Crippen MR) is 97.2 cm³/mol. The van der Waals surface area contributed by atoms with Crippen molar-refractivity contribution in [3.05, 3.63) is 54.0 Å². The SMILES string of the molecule is Cc1cc(C)n(CC(=O)Nc2ccc(Oc3ccc4c(c3)OCO4)nc2)n1. The van der Waals surface area contributed by atoms with Crippen molar-refractivity contribution in [3.63, 3.8) is 0 Å². The fourth-order valence-electron chi connectivity index (χ4n) is 2.75. The summed E-state index contributed by atoms with van der Waals surface area (Å²) in [4.78, 5) is 16.4. The molecular weight excluding hydrogens is 348 g/mol. The average molecular weight is 366 g/mol. The van der Waals surface area contributed by atoms with Gasteiger partial charge in [0.25, 0.3) is 0 Å². The van der Waals surface area contributed by atoms with E-state index < -0.39 is 0 Å². The molecule has 1 amide bonds. The molecule has 0 aliphatic carbocycles. The number of fused-ring (bicyclic) bond motifs is 1. The van der Waals surface area contributed by atoms with Gasteiger partial charge in [0.05, 0.1) is 17.6 Å². The van der Waals surface area contributed by atoms with Gasteiger partial charge >= 0.3 is 0 Å². The van der Waals surface area contributed by atoms with Gasteiger partial charge in [-0.2, -0.15) is 5.10 Å². The number of carbonyl (C=O) groups is 1. The molecule has 0 atom stereocenters. The van der Waals surface area contributed by atoms with Gasteiger partial charge in [0.15, 0.2) is 11.5 Å². The summed E-state index contributed by atoms with van der Waals surface area (Å²) in [5.41, 5.74) is 2.40. The van der Waals surface area contributed by atoms with Gasteiger partial charge in [0, 0.05) is 17.8 Å². The van der Waals surface area contributed by atoms with E-state index >= 15 is 0 Å². The number of anilines is 1. The highest BCUT2D eigenvalue weighted by Gasteiger charge is 2.14. The minimum absolute atomic E-state index is 0.148. The van der Waals surface area contributed by atoms with Crippen LogP contribution in [0, 0.1) is 13.8 Å². The van der Waals surface area contributed by atoms with Crippen LogP contribution in [0.4, 0.5) is 5.69 Å². The topological polar surface area (TPSA) is 87.5 Å². The summed E-state index contributed by atoms with van der Waals surface area (Å²) in [6.07, 6.45) is 1.54. The van der Waals surface area contributed by atoms with E-state index in [2.05, 4.69) is 15.4 Å². The molecule has 0 saturated heterocycles. The van der Waals surface area contributed by atoms with Gasteiger partial charge in [-0.15, -0.1) is 0 Å². The Morgan fingerprint density at radius 3 is 2.78 bits per heavy atom. The van der Waals surface area contributed by atoms with Crippen LogP contribution < -0.4 is 19.5 Å². The maximum Gasteiger partial charge on any atom is 0.246 e. The summed E-state index contributed by atoms with van der Waals surface area (Å²) in [5.74, 6) is 2.16. The monoisotopic (exact) mass is 366 g/mol. The second-order valence-corrected chi connectivity index (χ2v) is 6.14. The van der Waals surface area contributed by atoms with Crippen LogP contribution in [0.25, 0.3) is 0 Å². The number of carbonyl (C=O) groups excluding carboxylic acids is 1. The standard InChI is InChI=1S/C19H18N4O4/c1-12-7-13(2)23(22-12)10-18(24)21-14-3-6-19(20-9-14)27-15-4-5-16-17(8-15)26-11-25-16/h3-9H,10-11H2,1-2H3,(H,21,24).